The van der Waals surface area contributed by atoms with Crippen LogP contribution in [-0.2, 0) is 21.7 Å². The van der Waals surface area contributed by atoms with Gasteiger partial charge in [-0.3, -0.25) is 19.4 Å². The Bertz CT molecular complexity index is 968. The molecule has 7 heteroatoms. The van der Waals surface area contributed by atoms with Crippen LogP contribution in [0.4, 0.5) is 4.79 Å². The van der Waals surface area contributed by atoms with E-state index in [1.54, 1.807) is 11.8 Å². The van der Waals surface area contributed by atoms with E-state index in [4.69, 9.17) is 0 Å². The van der Waals surface area contributed by atoms with Crippen LogP contribution in [0.3, 0.4) is 0 Å². The molecule has 0 spiro atoms. The van der Waals surface area contributed by atoms with Gasteiger partial charge in [-0.1, -0.05) is 60.2 Å². The van der Waals surface area contributed by atoms with Gasteiger partial charge in [-0.05, 0) is 25.0 Å². The normalized spacial score (nSPS) is 22.0. The van der Waals surface area contributed by atoms with Gasteiger partial charge >= 0.3 is 6.03 Å². The van der Waals surface area contributed by atoms with Crippen LogP contribution >= 0.6 is 0 Å². The minimum Gasteiger partial charge on any atom is -0.339 e. The Morgan fingerprint density at radius 3 is 2.26 bits per heavy atom. The van der Waals surface area contributed by atoms with E-state index in [1.165, 1.54) is 5.56 Å². The van der Waals surface area contributed by atoms with Gasteiger partial charge < -0.3 is 10.2 Å². The van der Waals surface area contributed by atoms with Crippen LogP contribution in [0, 0.1) is 6.92 Å². The van der Waals surface area contributed by atoms with Crippen molar-refractivity contribution in [2.75, 3.05) is 32.7 Å². The van der Waals surface area contributed by atoms with Crippen LogP contribution in [0.1, 0.15) is 23.6 Å². The molecule has 4 amide bonds. The van der Waals surface area contributed by atoms with Gasteiger partial charge in [-0.2, -0.15) is 0 Å². The van der Waals surface area contributed by atoms with Crippen molar-refractivity contribution in [2.45, 2.75) is 25.9 Å². The number of imide groups is 1. The molecule has 2 saturated heterocycles. The fraction of sp³-hybridized carbons (Fsp3) is 0.375. The largest absolute Gasteiger partial charge is 0.339 e. The summed E-state index contributed by atoms with van der Waals surface area (Å²) in [5.41, 5.74) is 1.87. The third-order valence-electron chi connectivity index (χ3n) is 6.17. The summed E-state index contributed by atoms with van der Waals surface area (Å²) < 4.78 is 0. The minimum atomic E-state index is -1.15. The number of urea groups is 1. The molecule has 0 saturated carbocycles. The SMILES string of the molecule is Cc1ccc(C2(C)NC(=O)N(CC(=O)N3CCN(Cc4ccccc4)CC3)C2=O)cc1. The summed E-state index contributed by atoms with van der Waals surface area (Å²) in [6, 6.07) is 17.2. The highest BCUT2D eigenvalue weighted by Crippen LogP contribution is 2.29. The fourth-order valence-electron chi connectivity index (χ4n) is 4.16. The van der Waals surface area contributed by atoms with Gasteiger partial charge in [0.25, 0.3) is 5.91 Å². The quantitative estimate of drug-likeness (QED) is 0.752. The lowest BCUT2D eigenvalue weighted by molar-refractivity contribution is -0.139. The molecule has 4 rings (SSSR count). The highest BCUT2D eigenvalue weighted by atomic mass is 16.2. The summed E-state index contributed by atoms with van der Waals surface area (Å²) in [6.45, 7) is 6.98. The van der Waals surface area contributed by atoms with Gasteiger partial charge in [-0.15, -0.1) is 0 Å². The van der Waals surface area contributed by atoms with Crippen molar-refractivity contribution < 1.29 is 14.4 Å². The number of carbonyl (C=O) groups excluding carboxylic acids is 3. The van der Waals surface area contributed by atoms with Crippen molar-refractivity contribution in [3.8, 4) is 0 Å². The maximum absolute atomic E-state index is 13.1. The maximum atomic E-state index is 13.1. The molecule has 1 N–H and O–H groups in total. The van der Waals surface area contributed by atoms with Gasteiger partial charge in [0, 0.05) is 32.7 Å². The Morgan fingerprint density at radius 2 is 1.61 bits per heavy atom. The van der Waals surface area contributed by atoms with E-state index in [9.17, 15) is 14.4 Å². The Balaban J connectivity index is 1.35. The molecule has 2 aromatic rings. The summed E-state index contributed by atoms with van der Waals surface area (Å²) in [7, 11) is 0. The van der Waals surface area contributed by atoms with E-state index < -0.39 is 17.5 Å². The molecule has 2 heterocycles. The highest BCUT2D eigenvalue weighted by Gasteiger charge is 2.49. The average Bonchev–Trinajstić information content (AvgIpc) is 2.99. The molecule has 2 aliphatic rings. The number of aryl methyl sites for hydroxylation is 1. The van der Waals surface area contributed by atoms with E-state index in [1.807, 2.05) is 49.4 Å². The van der Waals surface area contributed by atoms with Crippen molar-refractivity contribution in [3.05, 3.63) is 71.3 Å². The lowest BCUT2D eigenvalue weighted by Gasteiger charge is -2.35. The lowest BCUT2D eigenvalue weighted by atomic mass is 9.91. The highest BCUT2D eigenvalue weighted by molar-refractivity contribution is 6.09. The average molecular weight is 421 g/mol. The molecule has 2 aliphatic heterocycles. The van der Waals surface area contributed by atoms with Gasteiger partial charge in [0.15, 0.2) is 0 Å². The second-order valence-electron chi connectivity index (χ2n) is 8.46. The molecular weight excluding hydrogens is 392 g/mol. The van der Waals surface area contributed by atoms with Crippen LogP contribution in [0.15, 0.2) is 54.6 Å². The first-order chi connectivity index (χ1) is 14.9. The Hall–Kier alpha value is -3.19. The predicted molar refractivity (Wildman–Crippen MR) is 117 cm³/mol. The smallest absolute Gasteiger partial charge is 0.325 e. The Morgan fingerprint density at radius 1 is 0.968 bits per heavy atom. The number of hydrogen-bond acceptors (Lipinski definition) is 4. The molecule has 0 aliphatic carbocycles. The van der Waals surface area contributed by atoms with Gasteiger partial charge in [0.05, 0.1) is 0 Å². The third-order valence-corrected chi connectivity index (χ3v) is 6.17. The summed E-state index contributed by atoms with van der Waals surface area (Å²) in [5.74, 6) is -0.589. The van der Waals surface area contributed by atoms with Crippen LogP contribution in [0.2, 0.25) is 0 Å². The van der Waals surface area contributed by atoms with E-state index in [0.717, 1.165) is 30.1 Å². The number of hydrogen-bond donors (Lipinski definition) is 1. The number of rotatable bonds is 5. The predicted octanol–water partition coefficient (Wildman–Crippen LogP) is 2.11. The molecule has 1 unspecified atom stereocenters. The Labute approximate surface area is 182 Å². The molecular formula is C24H28N4O3. The van der Waals surface area contributed by atoms with Crippen molar-refractivity contribution in [3.63, 3.8) is 0 Å². The number of nitrogens with one attached hydrogen (secondary N) is 1. The standard InChI is InChI=1S/C24H28N4O3/c1-18-8-10-20(11-9-18)24(2)22(30)28(23(31)25-24)17-21(29)27-14-12-26(13-15-27)16-19-6-4-3-5-7-19/h3-11H,12-17H2,1-2H3,(H,25,31). The fourth-order valence-corrected chi connectivity index (χ4v) is 4.16. The lowest BCUT2D eigenvalue weighted by Crippen LogP contribution is -2.51. The topological polar surface area (TPSA) is 73.0 Å². The van der Waals surface area contributed by atoms with Crippen LogP contribution < -0.4 is 5.32 Å². The van der Waals surface area contributed by atoms with Crippen LogP contribution in [0.25, 0.3) is 0 Å². The van der Waals surface area contributed by atoms with Gasteiger partial charge in [0.1, 0.15) is 12.1 Å². The van der Waals surface area contributed by atoms with Crippen molar-refractivity contribution in [1.29, 1.82) is 0 Å². The van der Waals surface area contributed by atoms with E-state index >= 15 is 0 Å². The number of carbonyl (C=O) groups is 3. The van der Waals surface area contributed by atoms with Crippen molar-refractivity contribution in [1.82, 2.24) is 20.0 Å². The second kappa shape index (κ2) is 8.51. The Kier molecular flexibility index (Phi) is 5.78. The summed E-state index contributed by atoms with van der Waals surface area (Å²) >= 11 is 0. The van der Waals surface area contributed by atoms with E-state index in [0.29, 0.717) is 18.7 Å². The van der Waals surface area contributed by atoms with Crippen molar-refractivity contribution >= 4 is 17.8 Å². The molecule has 2 fully saturated rings. The molecule has 7 nitrogen and oxygen atoms in total. The molecule has 162 valence electrons. The van der Waals surface area contributed by atoms with Crippen molar-refractivity contribution in [2.24, 2.45) is 0 Å². The monoisotopic (exact) mass is 420 g/mol. The molecule has 0 radical (unpaired) electrons. The summed E-state index contributed by atoms with van der Waals surface area (Å²) in [4.78, 5) is 43.5. The summed E-state index contributed by atoms with van der Waals surface area (Å²) in [6.07, 6.45) is 0. The van der Waals surface area contributed by atoms with Gasteiger partial charge in [-0.25, -0.2) is 4.79 Å². The zero-order valence-electron chi connectivity index (χ0n) is 18.0. The molecule has 0 bridgehead atoms. The zero-order chi connectivity index (χ0) is 22.0. The first-order valence-corrected chi connectivity index (χ1v) is 10.6. The molecule has 0 aromatic heterocycles. The van der Waals surface area contributed by atoms with Gasteiger partial charge in [0.2, 0.25) is 5.91 Å². The first-order valence-electron chi connectivity index (χ1n) is 10.6. The van der Waals surface area contributed by atoms with E-state index in [-0.39, 0.29) is 12.5 Å². The molecule has 2 aromatic carbocycles. The third kappa shape index (κ3) is 4.32. The number of amides is 4. The number of benzene rings is 2. The maximum Gasteiger partial charge on any atom is 0.325 e. The van der Waals surface area contributed by atoms with Crippen LogP contribution in [0.5, 0.6) is 0 Å². The van der Waals surface area contributed by atoms with E-state index in [2.05, 4.69) is 22.3 Å². The summed E-state index contributed by atoms with van der Waals surface area (Å²) in [5, 5.41) is 2.77. The van der Waals surface area contributed by atoms with Crippen LogP contribution in [-0.4, -0.2) is 65.3 Å². The first kappa shape index (κ1) is 21.1. The minimum absolute atomic E-state index is 0.198. The molecule has 1 atom stereocenters. The molecule has 31 heavy (non-hydrogen) atoms. The number of piperazine rings is 1. The zero-order valence-corrected chi connectivity index (χ0v) is 18.0. The second-order valence-corrected chi connectivity index (χ2v) is 8.46. The number of nitrogens with zero attached hydrogens (tertiary/aromatic N) is 3.